The summed E-state index contributed by atoms with van der Waals surface area (Å²) in [5.74, 6) is 0. The van der Waals surface area contributed by atoms with E-state index in [9.17, 15) is 0 Å². The van der Waals surface area contributed by atoms with E-state index < -0.39 is 8.56 Å². The second kappa shape index (κ2) is 8.43. The molecule has 0 aromatic heterocycles. The maximum Gasteiger partial charge on any atom is 0.344 e. The summed E-state index contributed by atoms with van der Waals surface area (Å²) in [4.78, 5) is 0. The standard InChI is InChI=1S/C16H36O2Si/c1-9-12-13-19(16(6,7)8,17-14(4)10-2)18-15(5)11-3/h14-15H,9-13H2,1-8H3. The van der Waals surface area contributed by atoms with Gasteiger partial charge >= 0.3 is 8.56 Å². The molecule has 0 spiro atoms. The van der Waals surface area contributed by atoms with Gasteiger partial charge in [-0.15, -0.1) is 0 Å². The minimum Gasteiger partial charge on any atom is -0.391 e. The predicted molar refractivity (Wildman–Crippen MR) is 86.9 cm³/mol. The Hall–Kier alpha value is 0.137. The quantitative estimate of drug-likeness (QED) is 0.510. The molecule has 0 saturated heterocycles. The molecule has 0 aliphatic heterocycles. The van der Waals surface area contributed by atoms with Crippen molar-refractivity contribution in [3.63, 3.8) is 0 Å². The summed E-state index contributed by atoms with van der Waals surface area (Å²) in [7, 11) is -2.19. The second-order valence-electron chi connectivity index (χ2n) is 6.78. The van der Waals surface area contributed by atoms with Gasteiger partial charge < -0.3 is 8.85 Å². The molecule has 116 valence electrons. The maximum absolute atomic E-state index is 6.54. The minimum atomic E-state index is -2.19. The second-order valence-corrected chi connectivity index (χ2v) is 10.8. The third-order valence-electron chi connectivity index (χ3n) is 3.94. The van der Waals surface area contributed by atoms with Crippen molar-refractivity contribution in [2.24, 2.45) is 0 Å². The molecular formula is C16H36O2Si. The van der Waals surface area contributed by atoms with Crippen LogP contribution < -0.4 is 0 Å². The molecule has 0 saturated carbocycles. The molecule has 0 N–H and O–H groups in total. The maximum atomic E-state index is 6.54. The fourth-order valence-corrected chi connectivity index (χ4v) is 6.30. The third-order valence-corrected chi connectivity index (χ3v) is 8.80. The van der Waals surface area contributed by atoms with Crippen molar-refractivity contribution in [1.82, 2.24) is 0 Å². The first-order chi connectivity index (χ1) is 8.72. The smallest absolute Gasteiger partial charge is 0.344 e. The molecule has 19 heavy (non-hydrogen) atoms. The molecule has 0 rings (SSSR count). The molecule has 2 unspecified atom stereocenters. The fourth-order valence-electron chi connectivity index (χ4n) is 2.10. The Bertz CT molecular complexity index is 223. The summed E-state index contributed by atoms with van der Waals surface area (Å²) in [6.45, 7) is 17.9. The molecule has 0 aliphatic rings. The lowest BCUT2D eigenvalue weighted by Gasteiger charge is -2.44. The monoisotopic (exact) mass is 288 g/mol. The van der Waals surface area contributed by atoms with Gasteiger partial charge in [-0.05, 0) is 32.7 Å². The van der Waals surface area contributed by atoms with Gasteiger partial charge in [-0.3, -0.25) is 0 Å². The molecule has 0 aromatic carbocycles. The minimum absolute atomic E-state index is 0.120. The molecule has 0 amide bonds. The van der Waals surface area contributed by atoms with Crippen LogP contribution >= 0.6 is 0 Å². The lowest BCUT2D eigenvalue weighted by atomic mass is 10.2. The Balaban J connectivity index is 5.19. The van der Waals surface area contributed by atoms with Crippen molar-refractivity contribution < 1.29 is 8.85 Å². The van der Waals surface area contributed by atoms with Crippen LogP contribution in [0.4, 0.5) is 0 Å². The molecule has 0 fully saturated rings. The summed E-state index contributed by atoms with van der Waals surface area (Å²) >= 11 is 0. The van der Waals surface area contributed by atoms with Crippen LogP contribution in [-0.2, 0) is 8.85 Å². The first-order valence-electron chi connectivity index (χ1n) is 8.08. The number of unbranched alkanes of at least 4 members (excludes halogenated alkanes) is 1. The van der Waals surface area contributed by atoms with E-state index >= 15 is 0 Å². The largest absolute Gasteiger partial charge is 0.391 e. The van der Waals surface area contributed by atoms with E-state index in [1.54, 1.807) is 0 Å². The number of rotatable bonds is 9. The van der Waals surface area contributed by atoms with Gasteiger partial charge in [-0.25, -0.2) is 0 Å². The molecular weight excluding hydrogens is 252 g/mol. The average molecular weight is 289 g/mol. The lowest BCUT2D eigenvalue weighted by molar-refractivity contribution is 0.0713. The Labute approximate surface area is 122 Å². The van der Waals surface area contributed by atoms with E-state index in [0.717, 1.165) is 18.9 Å². The Morgan fingerprint density at radius 1 is 0.895 bits per heavy atom. The Morgan fingerprint density at radius 3 is 1.58 bits per heavy atom. The third kappa shape index (κ3) is 5.97. The Kier molecular flexibility index (Phi) is 8.49. The van der Waals surface area contributed by atoms with E-state index in [1.807, 2.05) is 0 Å². The summed E-state index contributed by atoms with van der Waals surface area (Å²) in [5, 5.41) is 0.120. The van der Waals surface area contributed by atoms with Crippen LogP contribution in [0, 0.1) is 0 Å². The lowest BCUT2D eigenvalue weighted by Crippen LogP contribution is -2.53. The van der Waals surface area contributed by atoms with Crippen LogP contribution in [0.25, 0.3) is 0 Å². The molecule has 2 nitrogen and oxygen atoms in total. The van der Waals surface area contributed by atoms with Gasteiger partial charge in [0, 0.05) is 17.2 Å². The Morgan fingerprint density at radius 2 is 1.32 bits per heavy atom. The van der Waals surface area contributed by atoms with E-state index in [4.69, 9.17) is 8.85 Å². The average Bonchev–Trinajstić information content (AvgIpc) is 2.33. The molecule has 0 heterocycles. The van der Waals surface area contributed by atoms with Crippen molar-refractivity contribution in [2.75, 3.05) is 0 Å². The van der Waals surface area contributed by atoms with Crippen LogP contribution in [0.3, 0.4) is 0 Å². The topological polar surface area (TPSA) is 18.5 Å². The van der Waals surface area contributed by atoms with E-state index in [2.05, 4.69) is 55.4 Å². The summed E-state index contributed by atoms with van der Waals surface area (Å²) in [5.41, 5.74) is 0. The van der Waals surface area contributed by atoms with Crippen LogP contribution in [0.1, 0.15) is 81.1 Å². The van der Waals surface area contributed by atoms with Crippen LogP contribution in [0.5, 0.6) is 0 Å². The first kappa shape index (κ1) is 19.1. The molecule has 0 radical (unpaired) electrons. The zero-order valence-corrected chi connectivity index (χ0v) is 15.5. The van der Waals surface area contributed by atoms with Crippen molar-refractivity contribution in [2.45, 2.75) is 104 Å². The van der Waals surface area contributed by atoms with Crippen molar-refractivity contribution >= 4 is 8.56 Å². The molecule has 2 atom stereocenters. The SMILES string of the molecule is CCCC[Si](OC(C)CC)(OC(C)CC)C(C)(C)C. The highest BCUT2D eigenvalue weighted by molar-refractivity contribution is 6.70. The summed E-state index contributed by atoms with van der Waals surface area (Å²) in [6.07, 6.45) is 5.12. The summed E-state index contributed by atoms with van der Waals surface area (Å²) in [6, 6.07) is 1.11. The highest BCUT2D eigenvalue weighted by atomic mass is 28.4. The van der Waals surface area contributed by atoms with Crippen molar-refractivity contribution in [3.8, 4) is 0 Å². The normalized spacial score (nSPS) is 18.9. The van der Waals surface area contributed by atoms with Gasteiger partial charge in [0.05, 0.1) is 0 Å². The predicted octanol–water partition coefficient (Wildman–Crippen LogP) is 5.66. The number of hydrogen-bond donors (Lipinski definition) is 0. The molecule has 3 heteroatoms. The van der Waals surface area contributed by atoms with E-state index in [-0.39, 0.29) is 5.04 Å². The fraction of sp³-hybridized carbons (Fsp3) is 1.00. The highest BCUT2D eigenvalue weighted by Crippen LogP contribution is 2.43. The highest BCUT2D eigenvalue weighted by Gasteiger charge is 2.50. The van der Waals surface area contributed by atoms with Crippen LogP contribution in [-0.4, -0.2) is 20.8 Å². The molecule has 0 aliphatic carbocycles. The van der Waals surface area contributed by atoms with Gasteiger partial charge in [-0.1, -0.05) is 54.4 Å². The van der Waals surface area contributed by atoms with E-state index in [0.29, 0.717) is 12.2 Å². The van der Waals surface area contributed by atoms with Gasteiger partial charge in [0.25, 0.3) is 0 Å². The molecule has 0 aromatic rings. The van der Waals surface area contributed by atoms with Crippen molar-refractivity contribution in [3.05, 3.63) is 0 Å². The summed E-state index contributed by atoms with van der Waals surface area (Å²) < 4.78 is 13.1. The van der Waals surface area contributed by atoms with Crippen LogP contribution in [0.15, 0.2) is 0 Å². The zero-order chi connectivity index (χ0) is 15.1. The van der Waals surface area contributed by atoms with Gasteiger partial charge in [0.15, 0.2) is 0 Å². The first-order valence-corrected chi connectivity index (χ1v) is 10.1. The van der Waals surface area contributed by atoms with Crippen molar-refractivity contribution in [1.29, 1.82) is 0 Å². The zero-order valence-electron chi connectivity index (χ0n) is 14.5. The number of hydrogen-bond acceptors (Lipinski definition) is 2. The van der Waals surface area contributed by atoms with Gasteiger partial charge in [-0.2, -0.15) is 0 Å². The van der Waals surface area contributed by atoms with Gasteiger partial charge in [0.2, 0.25) is 0 Å². The molecule has 0 bridgehead atoms. The van der Waals surface area contributed by atoms with Gasteiger partial charge in [0.1, 0.15) is 0 Å². The van der Waals surface area contributed by atoms with E-state index in [1.165, 1.54) is 12.8 Å². The van der Waals surface area contributed by atoms with Crippen LogP contribution in [0.2, 0.25) is 11.1 Å².